The van der Waals surface area contributed by atoms with Crippen molar-refractivity contribution in [2.75, 3.05) is 70.0 Å². The van der Waals surface area contributed by atoms with Crippen molar-refractivity contribution in [2.24, 2.45) is 0 Å². The molecule has 4 amide bonds. The molecule has 220 valence electrons. The third-order valence-electron chi connectivity index (χ3n) is 8.17. The number of nitrogens with one attached hydrogen (secondary N) is 2. The van der Waals surface area contributed by atoms with Gasteiger partial charge in [-0.05, 0) is 72.6 Å². The number of amides is 4. The third kappa shape index (κ3) is 7.35. The van der Waals surface area contributed by atoms with Crippen LogP contribution in [-0.4, -0.2) is 96.9 Å². The molecule has 2 aliphatic rings. The van der Waals surface area contributed by atoms with E-state index in [1.54, 1.807) is 6.92 Å². The van der Waals surface area contributed by atoms with E-state index < -0.39 is 0 Å². The van der Waals surface area contributed by atoms with Crippen molar-refractivity contribution >= 4 is 29.2 Å². The van der Waals surface area contributed by atoms with Crippen LogP contribution >= 0.6 is 0 Å². The van der Waals surface area contributed by atoms with E-state index in [0.29, 0.717) is 5.56 Å². The molecule has 2 saturated heterocycles. The second kappa shape index (κ2) is 13.2. The van der Waals surface area contributed by atoms with Gasteiger partial charge in [0.25, 0.3) is 5.91 Å². The number of hydrogen-bond acceptors (Lipinski definition) is 5. The number of carbonyl (C=O) groups is 3. The predicted octanol–water partition coefficient (Wildman–Crippen LogP) is 4.36. The van der Waals surface area contributed by atoms with Crippen molar-refractivity contribution in [3.8, 4) is 11.1 Å². The second-order valence-electron chi connectivity index (χ2n) is 11.3. The lowest BCUT2D eigenvalue weighted by molar-refractivity contribution is -0.130. The zero-order valence-corrected chi connectivity index (χ0v) is 24.7. The number of piperazine rings is 2. The Kier molecular flexibility index (Phi) is 9.19. The summed E-state index contributed by atoms with van der Waals surface area (Å²) in [5.74, 6) is -0.0320. The van der Waals surface area contributed by atoms with Crippen molar-refractivity contribution in [1.29, 1.82) is 0 Å². The number of likely N-dealkylation sites (N-methyl/N-ethyl adjacent to an activating group) is 1. The summed E-state index contributed by atoms with van der Waals surface area (Å²) in [4.78, 5) is 45.5. The lowest BCUT2D eigenvalue weighted by Gasteiger charge is -2.34. The Labute approximate surface area is 248 Å². The molecule has 5 rings (SSSR count). The minimum atomic E-state index is -0.167. The fourth-order valence-electron chi connectivity index (χ4n) is 5.40. The first kappa shape index (κ1) is 29.3. The Morgan fingerprint density at radius 3 is 1.98 bits per heavy atom. The lowest BCUT2D eigenvalue weighted by Crippen LogP contribution is -2.48. The molecule has 0 unspecified atom stereocenters. The van der Waals surface area contributed by atoms with Gasteiger partial charge in [-0.15, -0.1) is 0 Å². The van der Waals surface area contributed by atoms with E-state index >= 15 is 0 Å². The summed E-state index contributed by atoms with van der Waals surface area (Å²) in [5.41, 5.74) is 6.32. The number of benzene rings is 3. The lowest BCUT2D eigenvalue weighted by atomic mass is 9.98. The minimum Gasteiger partial charge on any atom is -0.340 e. The SMILES string of the molecule is CC(=O)N1CCN(Cc2ccc(NC(=O)c3ccc(-c4cc(NC(=O)N5CCN(C)CC5)ccc4C)cc3)cc2)CC1. The largest absolute Gasteiger partial charge is 0.340 e. The zero-order valence-electron chi connectivity index (χ0n) is 24.7. The summed E-state index contributed by atoms with van der Waals surface area (Å²) in [6.45, 7) is 10.9. The summed E-state index contributed by atoms with van der Waals surface area (Å²) >= 11 is 0. The molecule has 0 bridgehead atoms. The topological polar surface area (TPSA) is 88.2 Å². The van der Waals surface area contributed by atoms with Crippen molar-refractivity contribution in [2.45, 2.75) is 20.4 Å². The first-order chi connectivity index (χ1) is 20.2. The molecule has 2 heterocycles. The van der Waals surface area contributed by atoms with Gasteiger partial charge >= 0.3 is 6.03 Å². The Hall–Kier alpha value is -4.21. The first-order valence-electron chi connectivity index (χ1n) is 14.6. The summed E-state index contributed by atoms with van der Waals surface area (Å²) in [6, 6.07) is 21.3. The molecule has 42 heavy (non-hydrogen) atoms. The molecule has 2 aliphatic heterocycles. The molecule has 0 aliphatic carbocycles. The van der Waals surface area contributed by atoms with E-state index in [9.17, 15) is 14.4 Å². The highest BCUT2D eigenvalue weighted by molar-refractivity contribution is 6.04. The van der Waals surface area contributed by atoms with E-state index in [2.05, 4.69) is 27.5 Å². The van der Waals surface area contributed by atoms with Gasteiger partial charge in [-0.3, -0.25) is 14.5 Å². The molecule has 2 N–H and O–H groups in total. The molecule has 3 aromatic carbocycles. The van der Waals surface area contributed by atoms with Crippen LogP contribution in [0, 0.1) is 6.92 Å². The summed E-state index contributed by atoms with van der Waals surface area (Å²) in [5, 5.41) is 6.03. The fourth-order valence-corrected chi connectivity index (χ4v) is 5.40. The normalized spacial score (nSPS) is 16.3. The van der Waals surface area contributed by atoms with Gasteiger partial charge in [-0.25, -0.2) is 4.79 Å². The minimum absolute atomic E-state index is 0.0783. The maximum atomic E-state index is 13.0. The molecule has 0 atom stereocenters. The standard InChI is InChI=1S/C33H40N6O3/c1-24-4-11-30(35-33(42)39-18-14-36(3)15-19-39)22-31(24)27-7-9-28(10-8-27)32(41)34-29-12-5-26(6-13-29)23-37-16-20-38(21-17-37)25(2)40/h4-13,22H,14-21,23H2,1-3H3,(H,34,41)(H,35,42). The molecular weight excluding hydrogens is 528 g/mol. The van der Waals surface area contributed by atoms with Crippen LogP contribution < -0.4 is 10.6 Å². The van der Waals surface area contributed by atoms with Crippen LogP contribution in [0.1, 0.15) is 28.4 Å². The maximum absolute atomic E-state index is 13.0. The number of hydrogen-bond donors (Lipinski definition) is 2. The molecule has 0 spiro atoms. The fraction of sp³-hybridized carbons (Fsp3) is 0.364. The van der Waals surface area contributed by atoms with Gasteiger partial charge in [0.05, 0.1) is 0 Å². The summed E-state index contributed by atoms with van der Waals surface area (Å²) in [6.07, 6.45) is 0. The maximum Gasteiger partial charge on any atom is 0.321 e. The predicted molar refractivity (Wildman–Crippen MR) is 167 cm³/mol. The van der Waals surface area contributed by atoms with Crippen LogP contribution in [0.5, 0.6) is 0 Å². The van der Waals surface area contributed by atoms with Crippen molar-refractivity contribution in [3.05, 3.63) is 83.4 Å². The molecule has 3 aromatic rings. The summed E-state index contributed by atoms with van der Waals surface area (Å²) in [7, 11) is 2.07. The van der Waals surface area contributed by atoms with Crippen molar-refractivity contribution in [3.63, 3.8) is 0 Å². The van der Waals surface area contributed by atoms with E-state index in [0.717, 1.165) is 87.0 Å². The van der Waals surface area contributed by atoms with Gasteiger partial charge in [0.15, 0.2) is 0 Å². The van der Waals surface area contributed by atoms with Crippen LogP contribution in [0.3, 0.4) is 0 Å². The van der Waals surface area contributed by atoms with Gasteiger partial charge in [0.2, 0.25) is 5.91 Å². The van der Waals surface area contributed by atoms with Crippen LogP contribution in [0.25, 0.3) is 11.1 Å². The Morgan fingerprint density at radius 2 is 1.33 bits per heavy atom. The number of rotatable bonds is 6. The first-order valence-corrected chi connectivity index (χ1v) is 14.6. The third-order valence-corrected chi connectivity index (χ3v) is 8.17. The molecule has 0 saturated carbocycles. The number of aryl methyl sites for hydroxylation is 1. The van der Waals surface area contributed by atoms with Gasteiger partial charge in [-0.2, -0.15) is 0 Å². The molecule has 0 aromatic heterocycles. The highest BCUT2D eigenvalue weighted by Gasteiger charge is 2.20. The Balaban J connectivity index is 1.16. The van der Waals surface area contributed by atoms with E-state index in [-0.39, 0.29) is 17.8 Å². The van der Waals surface area contributed by atoms with Gasteiger partial charge < -0.3 is 25.3 Å². The van der Waals surface area contributed by atoms with E-state index in [4.69, 9.17) is 0 Å². The summed E-state index contributed by atoms with van der Waals surface area (Å²) < 4.78 is 0. The Bertz CT molecular complexity index is 1410. The highest BCUT2D eigenvalue weighted by atomic mass is 16.2. The van der Waals surface area contributed by atoms with E-state index in [1.807, 2.05) is 83.5 Å². The molecular formula is C33H40N6O3. The van der Waals surface area contributed by atoms with Crippen LogP contribution in [0.4, 0.5) is 16.2 Å². The van der Waals surface area contributed by atoms with Gasteiger partial charge in [0.1, 0.15) is 0 Å². The quantitative estimate of drug-likeness (QED) is 0.462. The zero-order chi connectivity index (χ0) is 29.6. The molecule has 2 fully saturated rings. The number of urea groups is 1. The van der Waals surface area contributed by atoms with Crippen molar-refractivity contribution in [1.82, 2.24) is 19.6 Å². The van der Waals surface area contributed by atoms with Crippen LogP contribution in [-0.2, 0) is 11.3 Å². The number of anilines is 2. The van der Waals surface area contributed by atoms with Gasteiger partial charge in [0, 0.05) is 82.8 Å². The monoisotopic (exact) mass is 568 g/mol. The smallest absolute Gasteiger partial charge is 0.321 e. The van der Waals surface area contributed by atoms with E-state index in [1.165, 1.54) is 5.56 Å². The molecule has 9 nitrogen and oxygen atoms in total. The van der Waals surface area contributed by atoms with Gasteiger partial charge in [-0.1, -0.05) is 30.3 Å². The second-order valence-corrected chi connectivity index (χ2v) is 11.3. The highest BCUT2D eigenvalue weighted by Crippen LogP contribution is 2.27. The number of nitrogens with zero attached hydrogens (tertiary/aromatic N) is 4. The van der Waals surface area contributed by atoms with Crippen LogP contribution in [0.2, 0.25) is 0 Å². The Morgan fingerprint density at radius 1 is 0.714 bits per heavy atom. The number of carbonyl (C=O) groups excluding carboxylic acids is 3. The molecule has 0 radical (unpaired) electrons. The van der Waals surface area contributed by atoms with Crippen LogP contribution in [0.15, 0.2) is 66.7 Å². The van der Waals surface area contributed by atoms with Crippen molar-refractivity contribution < 1.29 is 14.4 Å². The average molecular weight is 569 g/mol. The average Bonchev–Trinajstić information content (AvgIpc) is 3.00. The molecule has 9 heteroatoms.